The molecule has 0 saturated carbocycles. The molecule has 19 heavy (non-hydrogen) atoms. The summed E-state index contributed by atoms with van der Waals surface area (Å²) >= 11 is 0. The van der Waals surface area contributed by atoms with Gasteiger partial charge in [-0.1, -0.05) is 19.9 Å². The quantitative estimate of drug-likeness (QED) is 0.822. The molecule has 3 nitrogen and oxygen atoms in total. The van der Waals surface area contributed by atoms with Crippen molar-refractivity contribution in [3.8, 4) is 5.75 Å². The van der Waals surface area contributed by atoms with Crippen molar-refractivity contribution in [2.75, 3.05) is 20.3 Å². The van der Waals surface area contributed by atoms with Crippen molar-refractivity contribution in [3.63, 3.8) is 0 Å². The van der Waals surface area contributed by atoms with E-state index >= 15 is 0 Å². The molecule has 0 aromatic heterocycles. The van der Waals surface area contributed by atoms with Crippen LogP contribution in [0.1, 0.15) is 30.5 Å². The van der Waals surface area contributed by atoms with Crippen LogP contribution in [0.3, 0.4) is 0 Å². The molecular formula is C16H27NO2. The van der Waals surface area contributed by atoms with Crippen molar-refractivity contribution in [3.05, 3.63) is 28.8 Å². The molecule has 0 heterocycles. The van der Waals surface area contributed by atoms with Crippen molar-refractivity contribution in [1.29, 1.82) is 0 Å². The highest BCUT2D eigenvalue weighted by Crippen LogP contribution is 2.24. The zero-order valence-corrected chi connectivity index (χ0v) is 13.0. The first-order valence-corrected chi connectivity index (χ1v) is 6.90. The van der Waals surface area contributed by atoms with Gasteiger partial charge in [0.2, 0.25) is 0 Å². The van der Waals surface area contributed by atoms with Crippen molar-refractivity contribution in [2.24, 2.45) is 0 Å². The van der Waals surface area contributed by atoms with Gasteiger partial charge in [0.25, 0.3) is 0 Å². The predicted molar refractivity (Wildman–Crippen MR) is 80.1 cm³/mol. The van der Waals surface area contributed by atoms with E-state index in [1.54, 1.807) is 7.11 Å². The van der Waals surface area contributed by atoms with Gasteiger partial charge in [0.1, 0.15) is 11.9 Å². The average molecular weight is 265 g/mol. The van der Waals surface area contributed by atoms with Gasteiger partial charge >= 0.3 is 0 Å². The summed E-state index contributed by atoms with van der Waals surface area (Å²) in [4.78, 5) is 0. The van der Waals surface area contributed by atoms with Crippen LogP contribution in [0.5, 0.6) is 5.75 Å². The Kier molecular flexibility index (Phi) is 6.32. The van der Waals surface area contributed by atoms with Gasteiger partial charge in [-0.15, -0.1) is 0 Å². The van der Waals surface area contributed by atoms with E-state index < -0.39 is 0 Å². The van der Waals surface area contributed by atoms with Gasteiger partial charge < -0.3 is 14.8 Å². The maximum Gasteiger partial charge on any atom is 0.134 e. The fourth-order valence-electron chi connectivity index (χ4n) is 1.99. The van der Waals surface area contributed by atoms with Crippen molar-refractivity contribution >= 4 is 0 Å². The molecule has 0 bridgehead atoms. The first-order valence-electron chi connectivity index (χ1n) is 6.90. The first-order chi connectivity index (χ1) is 8.93. The summed E-state index contributed by atoms with van der Waals surface area (Å²) in [6, 6.07) is 4.73. The van der Waals surface area contributed by atoms with E-state index in [1.165, 1.54) is 16.7 Å². The Morgan fingerprint density at radius 3 is 2.42 bits per heavy atom. The minimum atomic E-state index is 0.0345. The van der Waals surface area contributed by atoms with E-state index in [4.69, 9.17) is 9.47 Å². The molecule has 1 N–H and O–H groups in total. The number of ether oxygens (including phenoxy) is 2. The highest BCUT2D eigenvalue weighted by atomic mass is 16.5. The molecule has 0 fully saturated rings. The van der Waals surface area contributed by atoms with Gasteiger partial charge in [-0.3, -0.25) is 0 Å². The third-order valence-electron chi connectivity index (χ3n) is 3.16. The molecule has 108 valence electrons. The maximum absolute atomic E-state index is 6.11. The number of nitrogens with one attached hydrogen (secondary N) is 1. The third-order valence-corrected chi connectivity index (χ3v) is 3.16. The Balaban J connectivity index is 2.78. The van der Waals surface area contributed by atoms with E-state index in [9.17, 15) is 0 Å². The molecule has 1 aromatic rings. The van der Waals surface area contributed by atoms with Gasteiger partial charge in [-0.25, -0.2) is 0 Å². The summed E-state index contributed by atoms with van der Waals surface area (Å²) < 4.78 is 11.4. The summed E-state index contributed by atoms with van der Waals surface area (Å²) in [5, 5.41) is 3.39. The van der Waals surface area contributed by atoms with E-state index in [-0.39, 0.29) is 6.10 Å². The normalized spacial score (nSPS) is 12.8. The smallest absolute Gasteiger partial charge is 0.134 e. The van der Waals surface area contributed by atoms with Crippen LogP contribution in [0, 0.1) is 20.8 Å². The number of benzene rings is 1. The van der Waals surface area contributed by atoms with Crippen LogP contribution < -0.4 is 10.1 Å². The van der Waals surface area contributed by atoms with Gasteiger partial charge in [-0.2, -0.15) is 0 Å². The summed E-state index contributed by atoms with van der Waals surface area (Å²) in [7, 11) is 1.71. The molecule has 0 aliphatic heterocycles. The Labute approximate surface area is 117 Å². The largest absolute Gasteiger partial charge is 0.486 e. The van der Waals surface area contributed by atoms with Crippen LogP contribution in [0.2, 0.25) is 0 Å². The lowest BCUT2D eigenvalue weighted by Gasteiger charge is -2.22. The molecule has 1 rings (SSSR count). The standard InChI is InChI=1S/C16H27NO2/c1-11(2)17-9-15(10-18-6)19-16-8-12(3)7-13(4)14(16)5/h7-8,11,15,17H,9-10H2,1-6H3. The highest BCUT2D eigenvalue weighted by Gasteiger charge is 2.13. The predicted octanol–water partition coefficient (Wildman–Crippen LogP) is 3.00. The zero-order valence-electron chi connectivity index (χ0n) is 13.0. The number of hydrogen-bond donors (Lipinski definition) is 1. The van der Waals surface area contributed by atoms with Gasteiger partial charge in [-0.05, 0) is 43.5 Å². The van der Waals surface area contributed by atoms with E-state index in [2.05, 4.69) is 52.1 Å². The third kappa shape index (κ3) is 5.21. The van der Waals surface area contributed by atoms with Crippen LogP contribution in [0.15, 0.2) is 12.1 Å². The topological polar surface area (TPSA) is 30.5 Å². The van der Waals surface area contributed by atoms with Gasteiger partial charge in [0, 0.05) is 19.7 Å². The lowest BCUT2D eigenvalue weighted by molar-refractivity contribution is 0.0789. The fraction of sp³-hybridized carbons (Fsp3) is 0.625. The molecule has 0 radical (unpaired) electrons. The summed E-state index contributed by atoms with van der Waals surface area (Å²) in [6.45, 7) is 12.0. The second kappa shape index (κ2) is 7.51. The number of methoxy groups -OCH3 is 1. The average Bonchev–Trinajstić information content (AvgIpc) is 2.32. The number of rotatable bonds is 7. The maximum atomic E-state index is 6.11. The van der Waals surface area contributed by atoms with Crippen molar-refractivity contribution in [1.82, 2.24) is 5.32 Å². The Morgan fingerprint density at radius 1 is 1.16 bits per heavy atom. The Bertz CT molecular complexity index is 402. The minimum absolute atomic E-state index is 0.0345. The molecule has 3 heteroatoms. The molecule has 0 aliphatic rings. The number of hydrogen-bond acceptors (Lipinski definition) is 3. The minimum Gasteiger partial charge on any atom is -0.486 e. The van der Waals surface area contributed by atoms with Crippen LogP contribution in [0.4, 0.5) is 0 Å². The first kappa shape index (κ1) is 16.0. The molecule has 0 amide bonds. The Morgan fingerprint density at radius 2 is 1.84 bits per heavy atom. The number of aryl methyl sites for hydroxylation is 2. The van der Waals surface area contributed by atoms with Gasteiger partial charge in [0.15, 0.2) is 0 Å². The Hall–Kier alpha value is -1.06. The van der Waals surface area contributed by atoms with Gasteiger partial charge in [0.05, 0.1) is 6.61 Å². The van der Waals surface area contributed by atoms with E-state index in [0.717, 1.165) is 12.3 Å². The second-order valence-corrected chi connectivity index (χ2v) is 5.46. The SMILES string of the molecule is COCC(CNC(C)C)Oc1cc(C)cc(C)c1C. The molecule has 1 atom stereocenters. The molecule has 0 saturated heterocycles. The fourth-order valence-corrected chi connectivity index (χ4v) is 1.99. The van der Waals surface area contributed by atoms with Crippen molar-refractivity contribution in [2.45, 2.75) is 46.8 Å². The van der Waals surface area contributed by atoms with Crippen LogP contribution in [-0.2, 0) is 4.74 Å². The molecular weight excluding hydrogens is 238 g/mol. The zero-order chi connectivity index (χ0) is 14.4. The molecule has 0 spiro atoms. The summed E-state index contributed by atoms with van der Waals surface area (Å²) in [5.41, 5.74) is 3.70. The lowest BCUT2D eigenvalue weighted by atomic mass is 10.1. The summed E-state index contributed by atoms with van der Waals surface area (Å²) in [5.74, 6) is 0.963. The van der Waals surface area contributed by atoms with Crippen LogP contribution >= 0.6 is 0 Å². The van der Waals surface area contributed by atoms with Crippen LogP contribution in [-0.4, -0.2) is 32.4 Å². The monoisotopic (exact) mass is 265 g/mol. The van der Waals surface area contributed by atoms with E-state index in [0.29, 0.717) is 12.6 Å². The summed E-state index contributed by atoms with van der Waals surface area (Å²) in [6.07, 6.45) is 0.0345. The molecule has 0 aliphatic carbocycles. The van der Waals surface area contributed by atoms with Crippen molar-refractivity contribution < 1.29 is 9.47 Å². The molecule has 1 unspecified atom stereocenters. The highest BCUT2D eigenvalue weighted by molar-refractivity contribution is 5.42. The van der Waals surface area contributed by atoms with E-state index in [1.807, 2.05) is 0 Å². The van der Waals surface area contributed by atoms with Crippen LogP contribution in [0.25, 0.3) is 0 Å². The second-order valence-electron chi connectivity index (χ2n) is 5.46. The lowest BCUT2D eigenvalue weighted by Crippen LogP contribution is -2.38. The molecule has 1 aromatic carbocycles.